The molecule has 138 valence electrons. The van der Waals surface area contributed by atoms with Crippen LogP contribution >= 0.6 is 0 Å². The smallest absolute Gasteiger partial charge is 0.140 e. The van der Waals surface area contributed by atoms with Crippen molar-refractivity contribution in [3.8, 4) is 0 Å². The minimum absolute atomic E-state index is 0.428. The Morgan fingerprint density at radius 3 is 2.88 bits per heavy atom. The van der Waals surface area contributed by atoms with E-state index in [4.69, 9.17) is 0 Å². The van der Waals surface area contributed by atoms with Gasteiger partial charge in [0.2, 0.25) is 0 Å². The number of nitrogens with zero attached hydrogens (tertiary/aromatic N) is 7. The largest absolute Gasteiger partial charge is 0.336 e. The Balaban J connectivity index is 1.69. The van der Waals surface area contributed by atoms with Gasteiger partial charge in [-0.25, -0.2) is 14.6 Å². The topological polar surface area (TPSA) is 55.0 Å². The minimum Gasteiger partial charge on any atom is -0.336 e. The molecular weight excluding hydrogens is 314 g/mol. The lowest BCUT2D eigenvalue weighted by molar-refractivity contribution is 0.0870. The summed E-state index contributed by atoms with van der Waals surface area (Å²) in [5, 5.41) is 4.34. The van der Waals surface area contributed by atoms with Crippen LogP contribution in [0.5, 0.6) is 0 Å². The highest BCUT2D eigenvalue weighted by atomic mass is 15.3. The van der Waals surface area contributed by atoms with Gasteiger partial charge in [-0.2, -0.15) is 5.10 Å². The molecule has 2 aromatic heterocycles. The molecule has 0 bridgehead atoms. The molecule has 0 saturated carbocycles. The molecule has 0 amide bonds. The van der Waals surface area contributed by atoms with Crippen molar-refractivity contribution in [3.05, 3.63) is 30.4 Å². The summed E-state index contributed by atoms with van der Waals surface area (Å²) in [5.74, 6) is 1.66. The van der Waals surface area contributed by atoms with E-state index >= 15 is 0 Å². The SMILES string of the molecule is CCCn1ncnc1CN(C)C[C@@H]1CCCN(C)[C@H]1c1cncn1C. The number of rotatable bonds is 7. The fraction of sp³-hybridized carbons (Fsp3) is 0.722. The highest BCUT2D eigenvalue weighted by molar-refractivity contribution is 5.08. The molecule has 0 spiro atoms. The van der Waals surface area contributed by atoms with Gasteiger partial charge in [-0.3, -0.25) is 9.80 Å². The minimum atomic E-state index is 0.428. The van der Waals surface area contributed by atoms with E-state index in [9.17, 15) is 0 Å². The molecule has 7 heteroatoms. The van der Waals surface area contributed by atoms with Crippen LogP contribution in [0.4, 0.5) is 0 Å². The zero-order valence-electron chi connectivity index (χ0n) is 16.0. The zero-order valence-corrected chi connectivity index (χ0v) is 16.0. The van der Waals surface area contributed by atoms with Crippen LogP contribution in [0.25, 0.3) is 0 Å². The van der Waals surface area contributed by atoms with Gasteiger partial charge in [0.15, 0.2) is 0 Å². The summed E-state index contributed by atoms with van der Waals surface area (Å²) in [5.41, 5.74) is 1.31. The van der Waals surface area contributed by atoms with Crippen molar-refractivity contribution in [2.24, 2.45) is 13.0 Å². The van der Waals surface area contributed by atoms with E-state index in [0.717, 1.165) is 38.4 Å². The van der Waals surface area contributed by atoms with Crippen molar-refractivity contribution in [1.82, 2.24) is 34.1 Å². The summed E-state index contributed by atoms with van der Waals surface area (Å²) >= 11 is 0. The van der Waals surface area contributed by atoms with Crippen LogP contribution in [0.2, 0.25) is 0 Å². The van der Waals surface area contributed by atoms with E-state index in [-0.39, 0.29) is 0 Å². The molecular formula is C18H31N7. The second-order valence-electron chi connectivity index (χ2n) is 7.35. The van der Waals surface area contributed by atoms with Gasteiger partial charge < -0.3 is 4.57 Å². The van der Waals surface area contributed by atoms with E-state index in [2.05, 4.69) is 57.5 Å². The molecule has 0 aromatic carbocycles. The molecule has 3 rings (SSSR count). The van der Waals surface area contributed by atoms with E-state index in [1.165, 1.54) is 18.5 Å². The van der Waals surface area contributed by atoms with Gasteiger partial charge in [0.25, 0.3) is 0 Å². The molecule has 1 saturated heterocycles. The maximum atomic E-state index is 4.45. The van der Waals surface area contributed by atoms with Crippen LogP contribution in [-0.2, 0) is 20.1 Å². The quantitative estimate of drug-likeness (QED) is 0.767. The van der Waals surface area contributed by atoms with Crippen LogP contribution in [0.15, 0.2) is 18.9 Å². The predicted octanol–water partition coefficient (Wildman–Crippen LogP) is 1.94. The van der Waals surface area contributed by atoms with Crippen LogP contribution in [0.1, 0.15) is 43.7 Å². The second kappa shape index (κ2) is 8.10. The number of likely N-dealkylation sites (tertiary alicyclic amines) is 1. The van der Waals surface area contributed by atoms with Crippen molar-refractivity contribution < 1.29 is 0 Å². The summed E-state index contributed by atoms with van der Waals surface area (Å²) in [7, 11) is 6.53. The Hall–Kier alpha value is -1.73. The first-order chi connectivity index (χ1) is 12.1. The Bertz CT molecular complexity index is 662. The molecule has 0 unspecified atom stereocenters. The molecule has 3 heterocycles. The van der Waals surface area contributed by atoms with E-state index in [1.54, 1.807) is 6.33 Å². The normalized spacial score (nSPS) is 22.0. The van der Waals surface area contributed by atoms with Crippen molar-refractivity contribution in [3.63, 3.8) is 0 Å². The third-order valence-corrected chi connectivity index (χ3v) is 5.25. The highest BCUT2D eigenvalue weighted by Gasteiger charge is 2.33. The Kier molecular flexibility index (Phi) is 5.86. The molecule has 1 aliphatic heterocycles. The summed E-state index contributed by atoms with van der Waals surface area (Å²) in [6.07, 6.45) is 9.20. The van der Waals surface area contributed by atoms with Gasteiger partial charge in [-0.05, 0) is 45.8 Å². The van der Waals surface area contributed by atoms with Crippen molar-refractivity contribution >= 4 is 0 Å². The van der Waals surface area contributed by atoms with Gasteiger partial charge >= 0.3 is 0 Å². The maximum Gasteiger partial charge on any atom is 0.140 e. The number of imidazole rings is 1. The number of aryl methyl sites for hydroxylation is 2. The monoisotopic (exact) mass is 345 g/mol. The lowest BCUT2D eigenvalue weighted by Gasteiger charge is -2.40. The van der Waals surface area contributed by atoms with Gasteiger partial charge in [0.1, 0.15) is 12.2 Å². The third kappa shape index (κ3) is 4.10. The summed E-state index contributed by atoms with van der Waals surface area (Å²) < 4.78 is 4.19. The van der Waals surface area contributed by atoms with Crippen LogP contribution in [-0.4, -0.2) is 61.3 Å². The molecule has 0 aliphatic carbocycles. The lowest BCUT2D eigenvalue weighted by Crippen LogP contribution is -2.41. The van der Waals surface area contributed by atoms with E-state index in [0.29, 0.717) is 12.0 Å². The van der Waals surface area contributed by atoms with Crippen LogP contribution < -0.4 is 0 Å². The number of hydrogen-bond acceptors (Lipinski definition) is 5. The molecule has 2 atom stereocenters. The Morgan fingerprint density at radius 1 is 1.32 bits per heavy atom. The van der Waals surface area contributed by atoms with Gasteiger partial charge in [0, 0.05) is 26.3 Å². The molecule has 1 aliphatic rings. The first-order valence-corrected chi connectivity index (χ1v) is 9.31. The molecule has 7 nitrogen and oxygen atoms in total. The van der Waals surface area contributed by atoms with Crippen molar-refractivity contribution in [2.75, 3.05) is 27.2 Å². The van der Waals surface area contributed by atoms with Gasteiger partial charge in [-0.15, -0.1) is 0 Å². The zero-order chi connectivity index (χ0) is 17.8. The van der Waals surface area contributed by atoms with E-state index < -0.39 is 0 Å². The number of piperidine rings is 1. The Morgan fingerprint density at radius 2 is 2.16 bits per heavy atom. The summed E-state index contributed by atoms with van der Waals surface area (Å²) in [4.78, 5) is 13.7. The molecule has 1 fully saturated rings. The molecule has 2 aromatic rings. The van der Waals surface area contributed by atoms with Gasteiger partial charge in [0.05, 0.1) is 24.6 Å². The van der Waals surface area contributed by atoms with Crippen molar-refractivity contribution in [2.45, 2.75) is 45.3 Å². The average molecular weight is 345 g/mol. The number of aromatic nitrogens is 5. The fourth-order valence-electron chi connectivity index (χ4n) is 4.09. The second-order valence-corrected chi connectivity index (χ2v) is 7.35. The lowest BCUT2D eigenvalue weighted by atomic mass is 9.87. The first-order valence-electron chi connectivity index (χ1n) is 9.31. The summed E-state index contributed by atoms with van der Waals surface area (Å²) in [6, 6.07) is 0.428. The van der Waals surface area contributed by atoms with Gasteiger partial charge in [-0.1, -0.05) is 6.92 Å². The molecule has 25 heavy (non-hydrogen) atoms. The third-order valence-electron chi connectivity index (χ3n) is 5.25. The van der Waals surface area contributed by atoms with Crippen molar-refractivity contribution in [1.29, 1.82) is 0 Å². The maximum absolute atomic E-state index is 4.45. The predicted molar refractivity (Wildman–Crippen MR) is 98.0 cm³/mol. The average Bonchev–Trinajstić information content (AvgIpc) is 3.18. The fourth-order valence-corrected chi connectivity index (χ4v) is 4.09. The molecule has 0 radical (unpaired) electrons. The standard InChI is InChI=1S/C18H31N7/c1-5-8-25-17(20-13-21-25)12-22(2)11-15-7-6-9-23(3)18(15)16-10-19-14-24(16)4/h10,13-15,18H,5-9,11-12H2,1-4H3/t15-,18+/m0/s1. The highest BCUT2D eigenvalue weighted by Crippen LogP contribution is 2.35. The van der Waals surface area contributed by atoms with Crippen LogP contribution in [0.3, 0.4) is 0 Å². The first kappa shape index (κ1) is 18.1. The van der Waals surface area contributed by atoms with Crippen LogP contribution in [0, 0.1) is 5.92 Å². The van der Waals surface area contributed by atoms with E-state index in [1.807, 2.05) is 17.2 Å². The number of hydrogen-bond donors (Lipinski definition) is 0. The summed E-state index contributed by atoms with van der Waals surface area (Å²) in [6.45, 7) is 6.16. The molecule has 0 N–H and O–H groups in total. The Labute approximate surface area is 150 Å².